The maximum atomic E-state index is 8.95. The van der Waals surface area contributed by atoms with Crippen molar-refractivity contribution in [3.63, 3.8) is 0 Å². The molecule has 170 valence electrons. The van der Waals surface area contributed by atoms with Gasteiger partial charge in [-0.2, -0.15) is 5.26 Å². The molecule has 34 heavy (non-hydrogen) atoms. The topological polar surface area (TPSA) is 23.8 Å². The Balaban J connectivity index is 1.31. The van der Waals surface area contributed by atoms with E-state index in [1.54, 1.807) is 0 Å². The molecule has 0 radical (unpaired) electrons. The fraction of sp³-hybridized carbons (Fsp3) is 0.303. The molecule has 3 aromatic carbocycles. The molecule has 1 nitrogen and oxygen atoms in total. The highest BCUT2D eigenvalue weighted by atomic mass is 14.2. The minimum absolute atomic E-state index is 0.617. The summed E-state index contributed by atoms with van der Waals surface area (Å²) in [4.78, 5) is 0. The van der Waals surface area contributed by atoms with Crippen molar-refractivity contribution in [2.45, 2.75) is 64.2 Å². The maximum Gasteiger partial charge on any atom is 0.0991 e. The average Bonchev–Trinajstić information content (AvgIpc) is 2.91. The lowest BCUT2D eigenvalue weighted by Gasteiger charge is -2.20. The molecule has 0 spiro atoms. The van der Waals surface area contributed by atoms with Gasteiger partial charge in [0.2, 0.25) is 0 Å². The first-order valence-corrected chi connectivity index (χ1v) is 12.7. The Bertz CT molecular complexity index is 1190. The van der Waals surface area contributed by atoms with Gasteiger partial charge in [-0.3, -0.25) is 0 Å². The number of hydrogen-bond acceptors (Lipinski definition) is 1. The van der Waals surface area contributed by atoms with Gasteiger partial charge in [0.25, 0.3) is 0 Å². The summed E-state index contributed by atoms with van der Waals surface area (Å²) in [5, 5.41) is 8.95. The summed E-state index contributed by atoms with van der Waals surface area (Å²) in [6.07, 6.45) is 12.2. The third-order valence-electron chi connectivity index (χ3n) is 6.78. The Morgan fingerprint density at radius 1 is 0.765 bits per heavy atom. The quantitative estimate of drug-likeness (QED) is 0.265. The predicted molar refractivity (Wildman–Crippen MR) is 142 cm³/mol. The van der Waals surface area contributed by atoms with Gasteiger partial charge >= 0.3 is 0 Å². The van der Waals surface area contributed by atoms with Crippen LogP contribution in [-0.4, -0.2) is 0 Å². The van der Waals surface area contributed by atoms with Crippen molar-refractivity contribution < 1.29 is 0 Å². The summed E-state index contributed by atoms with van der Waals surface area (Å²) in [5.74, 6) is 7.36. The van der Waals surface area contributed by atoms with E-state index in [-0.39, 0.29) is 0 Å². The van der Waals surface area contributed by atoms with Crippen molar-refractivity contribution in [1.29, 1.82) is 5.26 Å². The molecule has 4 rings (SSSR count). The molecule has 3 aromatic rings. The molecule has 0 bridgehead atoms. The van der Waals surface area contributed by atoms with E-state index in [1.165, 1.54) is 55.2 Å². The first-order chi connectivity index (χ1) is 16.7. The highest BCUT2D eigenvalue weighted by molar-refractivity contribution is 5.65. The number of nitrogens with zero attached hydrogens (tertiary/aromatic N) is 1. The van der Waals surface area contributed by atoms with Gasteiger partial charge in [0, 0.05) is 5.56 Å². The van der Waals surface area contributed by atoms with Gasteiger partial charge in [-0.25, -0.2) is 0 Å². The summed E-state index contributed by atoms with van der Waals surface area (Å²) in [7, 11) is 0. The Kier molecular flexibility index (Phi) is 8.38. The van der Waals surface area contributed by atoms with Gasteiger partial charge in [0.1, 0.15) is 0 Å². The highest BCUT2D eigenvalue weighted by Gasteiger charge is 2.15. The van der Waals surface area contributed by atoms with Crippen LogP contribution in [-0.2, 0) is 6.42 Å². The van der Waals surface area contributed by atoms with E-state index in [9.17, 15) is 0 Å². The number of hydrogen-bond donors (Lipinski definition) is 0. The summed E-state index contributed by atoms with van der Waals surface area (Å²) in [5.41, 5.74) is 8.19. The van der Waals surface area contributed by atoms with E-state index >= 15 is 0 Å². The van der Waals surface area contributed by atoms with Crippen LogP contribution in [0.4, 0.5) is 0 Å². The zero-order chi connectivity index (χ0) is 23.6. The number of aryl methyl sites for hydroxylation is 1. The molecule has 1 aliphatic carbocycles. The van der Waals surface area contributed by atoms with Crippen LogP contribution in [0.3, 0.4) is 0 Å². The number of benzene rings is 3. The molecule has 1 aliphatic rings. The van der Waals surface area contributed by atoms with E-state index in [1.807, 2.05) is 24.3 Å². The Morgan fingerprint density at radius 3 is 2.03 bits per heavy atom. The van der Waals surface area contributed by atoms with Crippen LogP contribution in [0.15, 0.2) is 84.4 Å². The van der Waals surface area contributed by atoms with E-state index in [4.69, 9.17) is 5.26 Å². The maximum absolute atomic E-state index is 8.95. The molecule has 0 heterocycles. The minimum Gasteiger partial charge on any atom is -0.192 e. The van der Waals surface area contributed by atoms with E-state index in [0.29, 0.717) is 11.5 Å². The Labute approximate surface area is 205 Å². The van der Waals surface area contributed by atoms with E-state index in [2.05, 4.69) is 79.4 Å². The first kappa shape index (κ1) is 23.6. The molecular formula is C33H33N. The normalized spacial score (nSPS) is 15.1. The van der Waals surface area contributed by atoms with Crippen molar-refractivity contribution >= 4 is 0 Å². The molecule has 1 atom stereocenters. The highest BCUT2D eigenvalue weighted by Crippen LogP contribution is 2.32. The molecule has 1 unspecified atom stereocenters. The summed E-state index contributed by atoms with van der Waals surface area (Å²) < 4.78 is 0. The van der Waals surface area contributed by atoms with Gasteiger partial charge in [-0.05, 0) is 90.1 Å². The fourth-order valence-electron chi connectivity index (χ4n) is 4.60. The predicted octanol–water partition coefficient (Wildman–Crippen LogP) is 8.59. The largest absolute Gasteiger partial charge is 0.192 e. The van der Waals surface area contributed by atoms with Crippen LogP contribution < -0.4 is 0 Å². The molecule has 0 aromatic heterocycles. The van der Waals surface area contributed by atoms with E-state index < -0.39 is 0 Å². The second-order valence-electron chi connectivity index (χ2n) is 9.27. The molecule has 1 heteroatoms. The van der Waals surface area contributed by atoms with Crippen molar-refractivity contribution in [2.24, 2.45) is 0 Å². The molecular weight excluding hydrogens is 410 g/mol. The summed E-state index contributed by atoms with van der Waals surface area (Å²) >= 11 is 0. The zero-order valence-electron chi connectivity index (χ0n) is 20.2. The van der Waals surface area contributed by atoms with Crippen LogP contribution in [0.1, 0.15) is 80.0 Å². The number of allylic oxidation sites excluding steroid dienone is 2. The second kappa shape index (κ2) is 12.1. The molecule has 0 amide bonds. The smallest absolute Gasteiger partial charge is 0.0991 e. The lowest BCUT2D eigenvalue weighted by Crippen LogP contribution is -2.04. The van der Waals surface area contributed by atoms with Gasteiger partial charge in [0.05, 0.1) is 11.6 Å². The van der Waals surface area contributed by atoms with Gasteiger partial charge in [0.15, 0.2) is 0 Å². The molecule has 0 saturated heterocycles. The summed E-state index contributed by atoms with van der Waals surface area (Å²) in [6.45, 7) is 2.27. The Hall–Kier alpha value is -3.55. The third kappa shape index (κ3) is 6.50. The van der Waals surface area contributed by atoms with Crippen LogP contribution in [0.2, 0.25) is 0 Å². The third-order valence-corrected chi connectivity index (χ3v) is 6.78. The first-order valence-electron chi connectivity index (χ1n) is 12.7. The standard InChI is InChI=1S/C33H33N/c1-2-3-4-5-6-26-9-17-30(18-10-26)31-19-11-27(12-20-31)7-8-28-13-21-32(22-14-28)33-23-15-29(25-34)16-24-33/h9-11,13-18,21-24,31H,2-6,12,19-20H2,1H3. The lowest BCUT2D eigenvalue weighted by atomic mass is 9.84. The van der Waals surface area contributed by atoms with Gasteiger partial charge in [-0.1, -0.05) is 92.6 Å². The monoisotopic (exact) mass is 443 g/mol. The van der Waals surface area contributed by atoms with Crippen molar-refractivity contribution in [1.82, 2.24) is 0 Å². The van der Waals surface area contributed by atoms with Crippen molar-refractivity contribution in [3.05, 3.63) is 107 Å². The lowest BCUT2D eigenvalue weighted by molar-refractivity contribution is 0.607. The van der Waals surface area contributed by atoms with Crippen LogP contribution in [0.5, 0.6) is 0 Å². The molecule has 0 saturated carbocycles. The second-order valence-corrected chi connectivity index (χ2v) is 9.27. The minimum atomic E-state index is 0.617. The number of rotatable bonds is 7. The van der Waals surface area contributed by atoms with Gasteiger partial charge < -0.3 is 0 Å². The van der Waals surface area contributed by atoms with Crippen LogP contribution in [0, 0.1) is 23.2 Å². The van der Waals surface area contributed by atoms with Crippen molar-refractivity contribution in [3.8, 4) is 29.0 Å². The fourth-order valence-corrected chi connectivity index (χ4v) is 4.60. The molecule has 0 N–H and O–H groups in total. The average molecular weight is 444 g/mol. The SMILES string of the molecule is CCCCCCc1ccc(C2CC=C(C#Cc3ccc(-c4ccc(C#N)cc4)cc3)CC2)cc1. The van der Waals surface area contributed by atoms with Crippen LogP contribution >= 0.6 is 0 Å². The Morgan fingerprint density at radius 2 is 1.44 bits per heavy atom. The zero-order valence-corrected chi connectivity index (χ0v) is 20.2. The van der Waals surface area contributed by atoms with Gasteiger partial charge in [-0.15, -0.1) is 0 Å². The van der Waals surface area contributed by atoms with Crippen LogP contribution in [0.25, 0.3) is 11.1 Å². The number of unbranched alkanes of at least 4 members (excludes halogenated alkanes) is 3. The summed E-state index contributed by atoms with van der Waals surface area (Å²) in [6, 6.07) is 27.6. The number of nitriles is 1. The molecule has 0 aliphatic heterocycles. The molecule has 0 fully saturated rings. The van der Waals surface area contributed by atoms with E-state index in [0.717, 1.165) is 29.5 Å². The van der Waals surface area contributed by atoms with Crippen molar-refractivity contribution in [2.75, 3.05) is 0 Å².